The number of likely N-dealkylation sites (tertiary alicyclic amines) is 1. The zero-order valence-corrected chi connectivity index (χ0v) is 16.6. The SMILES string of the molecule is COc1ccc(C(=O)N2CCC(C(=O)N/N=C\c3ccccc3)CC2)cc1OC. The number of hydrazone groups is 1. The van der Waals surface area contributed by atoms with Crippen LogP contribution in [-0.4, -0.2) is 50.2 Å². The molecule has 0 atom stereocenters. The summed E-state index contributed by atoms with van der Waals surface area (Å²) in [5, 5.41) is 4.02. The fourth-order valence-corrected chi connectivity index (χ4v) is 3.30. The summed E-state index contributed by atoms with van der Waals surface area (Å²) in [5.41, 5.74) is 4.06. The minimum Gasteiger partial charge on any atom is -0.493 e. The van der Waals surface area contributed by atoms with Gasteiger partial charge in [0.05, 0.1) is 20.4 Å². The number of piperidine rings is 1. The average Bonchev–Trinajstić information content (AvgIpc) is 2.78. The Morgan fingerprint density at radius 2 is 1.72 bits per heavy atom. The molecule has 1 heterocycles. The normalized spacial score (nSPS) is 14.6. The molecule has 0 radical (unpaired) electrons. The van der Waals surface area contributed by atoms with Gasteiger partial charge >= 0.3 is 0 Å². The van der Waals surface area contributed by atoms with Crippen molar-refractivity contribution < 1.29 is 19.1 Å². The van der Waals surface area contributed by atoms with Crippen molar-refractivity contribution in [3.8, 4) is 11.5 Å². The van der Waals surface area contributed by atoms with Crippen LogP contribution < -0.4 is 14.9 Å². The van der Waals surface area contributed by atoms with Crippen LogP contribution in [0.2, 0.25) is 0 Å². The monoisotopic (exact) mass is 395 g/mol. The molecule has 0 spiro atoms. The minimum atomic E-state index is -0.155. The van der Waals surface area contributed by atoms with Gasteiger partial charge in [-0.05, 0) is 36.6 Å². The summed E-state index contributed by atoms with van der Waals surface area (Å²) in [5.74, 6) is 0.749. The van der Waals surface area contributed by atoms with E-state index in [1.165, 1.54) is 7.11 Å². The third-order valence-electron chi connectivity index (χ3n) is 4.97. The van der Waals surface area contributed by atoms with Gasteiger partial charge in [-0.3, -0.25) is 9.59 Å². The van der Waals surface area contributed by atoms with E-state index < -0.39 is 0 Å². The third kappa shape index (κ3) is 5.13. The highest BCUT2D eigenvalue weighted by molar-refractivity contribution is 5.95. The summed E-state index contributed by atoms with van der Waals surface area (Å²) < 4.78 is 10.5. The molecule has 1 aliphatic heterocycles. The van der Waals surface area contributed by atoms with E-state index in [2.05, 4.69) is 10.5 Å². The van der Waals surface area contributed by atoms with Crippen LogP contribution in [0.25, 0.3) is 0 Å². The number of benzene rings is 2. The molecule has 7 heteroatoms. The van der Waals surface area contributed by atoms with E-state index in [0.717, 1.165) is 5.56 Å². The molecule has 3 rings (SSSR count). The van der Waals surface area contributed by atoms with Gasteiger partial charge in [-0.25, -0.2) is 5.43 Å². The molecule has 1 N–H and O–H groups in total. The van der Waals surface area contributed by atoms with Gasteiger partial charge in [0.1, 0.15) is 0 Å². The molecule has 1 saturated heterocycles. The second-order valence-electron chi connectivity index (χ2n) is 6.78. The maximum Gasteiger partial charge on any atom is 0.253 e. The quantitative estimate of drug-likeness (QED) is 0.602. The average molecular weight is 395 g/mol. The van der Waals surface area contributed by atoms with Crippen molar-refractivity contribution in [3.05, 3.63) is 59.7 Å². The van der Waals surface area contributed by atoms with Crippen molar-refractivity contribution in [2.45, 2.75) is 12.8 Å². The van der Waals surface area contributed by atoms with Gasteiger partial charge in [0.25, 0.3) is 5.91 Å². The molecular weight excluding hydrogens is 370 g/mol. The van der Waals surface area contributed by atoms with Crippen LogP contribution in [-0.2, 0) is 4.79 Å². The van der Waals surface area contributed by atoms with Crippen LogP contribution in [0.4, 0.5) is 0 Å². The minimum absolute atomic E-state index is 0.0769. The van der Waals surface area contributed by atoms with Crippen molar-refractivity contribution in [1.82, 2.24) is 10.3 Å². The lowest BCUT2D eigenvalue weighted by Gasteiger charge is -2.31. The molecular formula is C22H25N3O4. The molecule has 29 heavy (non-hydrogen) atoms. The van der Waals surface area contributed by atoms with Gasteiger partial charge in [-0.1, -0.05) is 30.3 Å². The largest absolute Gasteiger partial charge is 0.493 e. The predicted octanol–water partition coefficient (Wildman–Crippen LogP) is 2.71. The van der Waals surface area contributed by atoms with E-state index >= 15 is 0 Å². The van der Waals surface area contributed by atoms with Crippen LogP contribution in [0.3, 0.4) is 0 Å². The Morgan fingerprint density at radius 3 is 2.38 bits per heavy atom. The second-order valence-corrected chi connectivity index (χ2v) is 6.78. The topological polar surface area (TPSA) is 80.2 Å². The highest BCUT2D eigenvalue weighted by atomic mass is 16.5. The fourth-order valence-electron chi connectivity index (χ4n) is 3.30. The molecule has 0 unspecified atom stereocenters. The standard InChI is InChI=1S/C22H25N3O4/c1-28-19-9-8-18(14-20(19)29-2)22(27)25-12-10-17(11-13-25)21(26)24-23-15-16-6-4-3-5-7-16/h3-9,14-15,17H,10-13H2,1-2H3,(H,24,26)/b23-15-. The number of carbonyl (C=O) groups excluding carboxylic acids is 2. The molecule has 2 amide bonds. The first kappa shape index (κ1) is 20.4. The molecule has 152 valence electrons. The number of hydrogen-bond donors (Lipinski definition) is 1. The predicted molar refractivity (Wildman–Crippen MR) is 110 cm³/mol. The zero-order valence-electron chi connectivity index (χ0n) is 16.6. The lowest BCUT2D eigenvalue weighted by atomic mass is 9.95. The van der Waals surface area contributed by atoms with E-state index in [-0.39, 0.29) is 17.7 Å². The van der Waals surface area contributed by atoms with Crippen molar-refractivity contribution in [3.63, 3.8) is 0 Å². The number of amides is 2. The first-order valence-electron chi connectivity index (χ1n) is 9.51. The first-order chi connectivity index (χ1) is 14.1. The van der Waals surface area contributed by atoms with E-state index in [1.54, 1.807) is 36.4 Å². The number of nitrogens with zero attached hydrogens (tertiary/aromatic N) is 2. The summed E-state index contributed by atoms with van der Waals surface area (Å²) in [6.45, 7) is 1.04. The number of methoxy groups -OCH3 is 2. The zero-order chi connectivity index (χ0) is 20.6. The Morgan fingerprint density at radius 1 is 1.03 bits per heavy atom. The summed E-state index contributed by atoms with van der Waals surface area (Å²) in [6, 6.07) is 14.7. The second kappa shape index (κ2) is 9.73. The Labute approximate surface area is 170 Å². The van der Waals surface area contributed by atoms with E-state index in [1.807, 2.05) is 30.3 Å². The molecule has 2 aromatic rings. The van der Waals surface area contributed by atoms with Gasteiger partial charge in [0.2, 0.25) is 5.91 Å². The van der Waals surface area contributed by atoms with Gasteiger partial charge < -0.3 is 14.4 Å². The van der Waals surface area contributed by atoms with Crippen LogP contribution in [0.15, 0.2) is 53.6 Å². The lowest BCUT2D eigenvalue weighted by molar-refractivity contribution is -0.126. The summed E-state index contributed by atoms with van der Waals surface area (Å²) in [7, 11) is 3.09. The molecule has 0 saturated carbocycles. The van der Waals surface area contributed by atoms with Crippen LogP contribution in [0, 0.1) is 5.92 Å². The highest BCUT2D eigenvalue weighted by Gasteiger charge is 2.28. The molecule has 0 aromatic heterocycles. The molecule has 1 aliphatic rings. The Bertz CT molecular complexity index is 875. The van der Waals surface area contributed by atoms with Crippen molar-refractivity contribution in [2.24, 2.45) is 11.0 Å². The molecule has 7 nitrogen and oxygen atoms in total. The lowest BCUT2D eigenvalue weighted by Crippen LogP contribution is -2.42. The van der Waals surface area contributed by atoms with Gasteiger partial charge in [0, 0.05) is 24.6 Å². The van der Waals surface area contributed by atoms with Gasteiger partial charge in [-0.15, -0.1) is 0 Å². The van der Waals surface area contributed by atoms with E-state index in [0.29, 0.717) is 43.0 Å². The van der Waals surface area contributed by atoms with Gasteiger partial charge in [-0.2, -0.15) is 5.10 Å². The Kier molecular flexibility index (Phi) is 6.84. The van der Waals surface area contributed by atoms with E-state index in [9.17, 15) is 9.59 Å². The summed E-state index contributed by atoms with van der Waals surface area (Å²) in [4.78, 5) is 26.9. The molecule has 0 bridgehead atoms. The number of rotatable bonds is 6. The number of nitrogens with one attached hydrogen (secondary N) is 1. The van der Waals surface area contributed by atoms with Crippen molar-refractivity contribution >= 4 is 18.0 Å². The van der Waals surface area contributed by atoms with Crippen LogP contribution in [0.5, 0.6) is 11.5 Å². The number of carbonyl (C=O) groups is 2. The van der Waals surface area contributed by atoms with Crippen molar-refractivity contribution in [2.75, 3.05) is 27.3 Å². The fraction of sp³-hybridized carbons (Fsp3) is 0.318. The Balaban J connectivity index is 1.52. The maximum atomic E-state index is 12.8. The Hall–Kier alpha value is -3.35. The van der Waals surface area contributed by atoms with Crippen LogP contribution in [0.1, 0.15) is 28.8 Å². The van der Waals surface area contributed by atoms with Crippen molar-refractivity contribution in [1.29, 1.82) is 0 Å². The highest BCUT2D eigenvalue weighted by Crippen LogP contribution is 2.28. The summed E-state index contributed by atoms with van der Waals surface area (Å²) in [6.07, 6.45) is 2.82. The smallest absolute Gasteiger partial charge is 0.253 e. The van der Waals surface area contributed by atoms with Crippen LogP contribution >= 0.6 is 0 Å². The van der Waals surface area contributed by atoms with Gasteiger partial charge in [0.15, 0.2) is 11.5 Å². The number of hydrogen-bond acceptors (Lipinski definition) is 5. The maximum absolute atomic E-state index is 12.8. The number of ether oxygens (including phenoxy) is 2. The molecule has 1 fully saturated rings. The third-order valence-corrected chi connectivity index (χ3v) is 4.97. The molecule has 2 aromatic carbocycles. The first-order valence-corrected chi connectivity index (χ1v) is 9.51. The van der Waals surface area contributed by atoms with E-state index in [4.69, 9.17) is 9.47 Å². The molecule has 0 aliphatic carbocycles. The summed E-state index contributed by atoms with van der Waals surface area (Å²) >= 11 is 0.